The van der Waals surface area contributed by atoms with Gasteiger partial charge in [-0.3, -0.25) is 4.79 Å². The molecule has 2 rings (SSSR count). The summed E-state index contributed by atoms with van der Waals surface area (Å²) in [6.45, 7) is 0.833. The van der Waals surface area contributed by atoms with Crippen LogP contribution in [-0.4, -0.2) is 24.2 Å². The number of nitrogens with zero attached hydrogens (tertiary/aromatic N) is 1. The summed E-state index contributed by atoms with van der Waals surface area (Å²) in [7, 11) is 0. The van der Waals surface area contributed by atoms with Gasteiger partial charge in [0, 0.05) is 19.1 Å². The predicted octanol–water partition coefficient (Wildman–Crippen LogP) is 1.21. The van der Waals surface area contributed by atoms with E-state index in [2.05, 4.69) is 5.16 Å². The van der Waals surface area contributed by atoms with Gasteiger partial charge < -0.3 is 9.26 Å². The third-order valence-electron chi connectivity index (χ3n) is 2.15. The average molecular weight is 181 g/mol. The van der Waals surface area contributed by atoms with E-state index in [-0.39, 0.29) is 6.10 Å². The highest BCUT2D eigenvalue weighted by atomic mass is 16.5. The Balaban J connectivity index is 1.96. The molecule has 0 radical (unpaired) electrons. The standard InChI is InChI=1S/C9H11NO3/c11-6-7-4-9(13-10-7)5-8-2-1-3-12-8/h4,6,8H,1-3,5H2. The Labute approximate surface area is 75.9 Å². The van der Waals surface area contributed by atoms with Crippen molar-refractivity contribution < 1.29 is 14.1 Å². The lowest BCUT2D eigenvalue weighted by molar-refractivity contribution is 0.105. The molecule has 0 N–H and O–H groups in total. The maximum atomic E-state index is 10.3. The molecule has 0 saturated carbocycles. The van der Waals surface area contributed by atoms with E-state index in [1.165, 1.54) is 0 Å². The van der Waals surface area contributed by atoms with Crippen molar-refractivity contribution in [1.29, 1.82) is 0 Å². The van der Waals surface area contributed by atoms with Gasteiger partial charge in [0.2, 0.25) is 0 Å². The minimum Gasteiger partial charge on any atom is -0.378 e. The molecule has 1 aromatic heterocycles. The molecule has 0 bridgehead atoms. The van der Waals surface area contributed by atoms with E-state index in [0.717, 1.165) is 31.6 Å². The van der Waals surface area contributed by atoms with Crippen molar-refractivity contribution >= 4 is 6.29 Å². The topological polar surface area (TPSA) is 52.3 Å². The van der Waals surface area contributed by atoms with Gasteiger partial charge in [0.25, 0.3) is 0 Å². The molecule has 0 aromatic carbocycles. The molecule has 0 spiro atoms. The van der Waals surface area contributed by atoms with Crippen molar-refractivity contribution in [1.82, 2.24) is 5.16 Å². The number of aldehydes is 1. The second-order valence-corrected chi connectivity index (χ2v) is 3.18. The molecule has 1 aromatic rings. The van der Waals surface area contributed by atoms with Crippen molar-refractivity contribution in [2.75, 3.05) is 6.61 Å². The van der Waals surface area contributed by atoms with E-state index in [1.807, 2.05) is 0 Å². The molecule has 1 aliphatic heterocycles. The first-order chi connectivity index (χ1) is 6.38. The summed E-state index contributed by atoms with van der Waals surface area (Å²) >= 11 is 0. The Morgan fingerprint density at radius 1 is 1.69 bits per heavy atom. The van der Waals surface area contributed by atoms with Crippen LogP contribution in [0.15, 0.2) is 10.6 Å². The van der Waals surface area contributed by atoms with Crippen LogP contribution in [0.25, 0.3) is 0 Å². The van der Waals surface area contributed by atoms with Crippen LogP contribution in [0.1, 0.15) is 29.1 Å². The van der Waals surface area contributed by atoms with Gasteiger partial charge in [-0.15, -0.1) is 0 Å². The highest BCUT2D eigenvalue weighted by Crippen LogP contribution is 2.17. The van der Waals surface area contributed by atoms with Crippen molar-refractivity contribution in [2.45, 2.75) is 25.4 Å². The van der Waals surface area contributed by atoms with E-state index < -0.39 is 0 Å². The molecule has 13 heavy (non-hydrogen) atoms. The molecular formula is C9H11NO3. The highest BCUT2D eigenvalue weighted by molar-refractivity contribution is 5.71. The maximum Gasteiger partial charge on any atom is 0.171 e. The average Bonchev–Trinajstić information content (AvgIpc) is 2.76. The molecule has 1 saturated heterocycles. The smallest absolute Gasteiger partial charge is 0.171 e. The number of carbonyl (C=O) groups excluding carboxylic acids is 1. The van der Waals surface area contributed by atoms with Crippen LogP contribution in [-0.2, 0) is 11.2 Å². The summed E-state index contributed by atoms with van der Waals surface area (Å²) in [5.41, 5.74) is 0.355. The fourth-order valence-corrected chi connectivity index (χ4v) is 1.51. The summed E-state index contributed by atoms with van der Waals surface area (Å²) in [4.78, 5) is 10.3. The first-order valence-electron chi connectivity index (χ1n) is 4.41. The van der Waals surface area contributed by atoms with Crippen LogP contribution in [0.5, 0.6) is 0 Å². The molecule has 4 heteroatoms. The molecule has 70 valence electrons. The maximum absolute atomic E-state index is 10.3. The lowest BCUT2D eigenvalue weighted by atomic mass is 10.1. The zero-order valence-corrected chi connectivity index (χ0v) is 7.23. The summed E-state index contributed by atoms with van der Waals surface area (Å²) in [6.07, 6.45) is 3.83. The fraction of sp³-hybridized carbons (Fsp3) is 0.556. The van der Waals surface area contributed by atoms with Crippen molar-refractivity contribution in [3.63, 3.8) is 0 Å². The molecule has 1 unspecified atom stereocenters. The van der Waals surface area contributed by atoms with E-state index in [9.17, 15) is 4.79 Å². The largest absolute Gasteiger partial charge is 0.378 e. The first-order valence-corrected chi connectivity index (χ1v) is 4.41. The van der Waals surface area contributed by atoms with E-state index >= 15 is 0 Å². The Kier molecular flexibility index (Phi) is 2.40. The van der Waals surface area contributed by atoms with Gasteiger partial charge in [-0.25, -0.2) is 0 Å². The second kappa shape index (κ2) is 3.70. The van der Waals surface area contributed by atoms with Gasteiger partial charge in [0.1, 0.15) is 11.5 Å². The minimum atomic E-state index is 0.243. The summed E-state index contributed by atoms with van der Waals surface area (Å²) in [5.74, 6) is 0.731. The second-order valence-electron chi connectivity index (χ2n) is 3.18. The third-order valence-corrected chi connectivity index (χ3v) is 2.15. The SMILES string of the molecule is O=Cc1cc(CC2CCCO2)on1. The van der Waals surface area contributed by atoms with Crippen molar-refractivity contribution in [2.24, 2.45) is 0 Å². The van der Waals surface area contributed by atoms with Crippen LogP contribution < -0.4 is 0 Å². The molecule has 2 heterocycles. The number of hydrogen-bond acceptors (Lipinski definition) is 4. The number of carbonyl (C=O) groups is 1. The first kappa shape index (κ1) is 8.44. The Morgan fingerprint density at radius 2 is 2.62 bits per heavy atom. The molecule has 1 atom stereocenters. The Bertz CT molecular complexity index is 289. The molecule has 0 amide bonds. The predicted molar refractivity (Wildman–Crippen MR) is 44.6 cm³/mol. The molecule has 4 nitrogen and oxygen atoms in total. The minimum absolute atomic E-state index is 0.243. The molecular weight excluding hydrogens is 170 g/mol. The molecule has 1 fully saturated rings. The monoisotopic (exact) mass is 181 g/mol. The van der Waals surface area contributed by atoms with E-state index in [4.69, 9.17) is 9.26 Å². The van der Waals surface area contributed by atoms with Crippen LogP contribution in [0.3, 0.4) is 0 Å². The lowest BCUT2D eigenvalue weighted by Gasteiger charge is -2.04. The summed E-state index contributed by atoms with van der Waals surface area (Å²) in [6, 6.07) is 1.66. The van der Waals surface area contributed by atoms with Gasteiger partial charge in [-0.2, -0.15) is 0 Å². The van der Waals surface area contributed by atoms with Gasteiger partial charge in [-0.1, -0.05) is 5.16 Å². The number of rotatable bonds is 3. The zero-order valence-electron chi connectivity index (χ0n) is 7.23. The van der Waals surface area contributed by atoms with Gasteiger partial charge in [0.15, 0.2) is 6.29 Å². The fourth-order valence-electron chi connectivity index (χ4n) is 1.51. The molecule has 0 aliphatic carbocycles. The van der Waals surface area contributed by atoms with Crippen LogP contribution >= 0.6 is 0 Å². The van der Waals surface area contributed by atoms with Gasteiger partial charge >= 0.3 is 0 Å². The third kappa shape index (κ3) is 1.95. The van der Waals surface area contributed by atoms with Gasteiger partial charge in [0.05, 0.1) is 6.10 Å². The van der Waals surface area contributed by atoms with Crippen LogP contribution in [0.4, 0.5) is 0 Å². The number of ether oxygens (including phenoxy) is 1. The summed E-state index contributed by atoms with van der Waals surface area (Å²) in [5, 5.41) is 3.58. The number of aromatic nitrogens is 1. The van der Waals surface area contributed by atoms with Crippen LogP contribution in [0, 0.1) is 0 Å². The molecule has 1 aliphatic rings. The normalized spacial score (nSPS) is 22.0. The zero-order chi connectivity index (χ0) is 9.10. The van der Waals surface area contributed by atoms with Gasteiger partial charge in [-0.05, 0) is 12.8 Å². The lowest BCUT2D eigenvalue weighted by Crippen LogP contribution is -2.07. The number of hydrogen-bond donors (Lipinski definition) is 0. The quantitative estimate of drug-likeness (QED) is 0.657. The highest BCUT2D eigenvalue weighted by Gasteiger charge is 2.18. The Hall–Kier alpha value is -1.16. The Morgan fingerprint density at radius 3 is 3.23 bits per heavy atom. The van der Waals surface area contributed by atoms with E-state index in [1.54, 1.807) is 6.07 Å². The van der Waals surface area contributed by atoms with Crippen LogP contribution in [0.2, 0.25) is 0 Å². The van der Waals surface area contributed by atoms with E-state index in [0.29, 0.717) is 12.0 Å². The van der Waals surface area contributed by atoms with Crippen molar-refractivity contribution in [3.8, 4) is 0 Å². The summed E-state index contributed by atoms with van der Waals surface area (Å²) < 4.78 is 10.4. The van der Waals surface area contributed by atoms with Crippen molar-refractivity contribution in [3.05, 3.63) is 17.5 Å².